The highest BCUT2D eigenvalue weighted by atomic mass is 35.5. The number of halogens is 1. The molecule has 1 aliphatic heterocycles. The van der Waals surface area contributed by atoms with E-state index in [0.29, 0.717) is 34.2 Å². The number of hydrogen-bond acceptors (Lipinski definition) is 5. The van der Waals surface area contributed by atoms with Crippen LogP contribution in [0.25, 0.3) is 0 Å². The van der Waals surface area contributed by atoms with Crippen molar-refractivity contribution in [3.63, 3.8) is 0 Å². The van der Waals surface area contributed by atoms with Crippen molar-refractivity contribution in [1.82, 2.24) is 9.91 Å². The van der Waals surface area contributed by atoms with Crippen LogP contribution in [-0.2, 0) is 4.79 Å². The quantitative estimate of drug-likeness (QED) is 0.475. The lowest BCUT2D eigenvalue weighted by molar-refractivity contribution is -0.133. The van der Waals surface area contributed by atoms with Gasteiger partial charge in [0.15, 0.2) is 0 Å². The Balaban J connectivity index is 1.63. The van der Waals surface area contributed by atoms with Gasteiger partial charge in [0.1, 0.15) is 18.0 Å². The van der Waals surface area contributed by atoms with Crippen LogP contribution in [0.4, 0.5) is 0 Å². The maximum absolute atomic E-state index is 13.4. The van der Waals surface area contributed by atoms with Crippen LogP contribution in [0.3, 0.4) is 0 Å². The van der Waals surface area contributed by atoms with Crippen molar-refractivity contribution in [1.29, 1.82) is 0 Å². The average Bonchev–Trinajstić information content (AvgIpc) is 3.34. The molecular formula is C27H26ClN3O4. The molecule has 0 aliphatic carbocycles. The van der Waals surface area contributed by atoms with Gasteiger partial charge in [-0.05, 0) is 29.8 Å². The number of nitrogens with zero attached hydrogens (tertiary/aromatic N) is 3. The Labute approximate surface area is 209 Å². The summed E-state index contributed by atoms with van der Waals surface area (Å²) >= 11 is 6.18. The molecule has 0 unspecified atom stereocenters. The third kappa shape index (κ3) is 5.15. The summed E-state index contributed by atoms with van der Waals surface area (Å²) in [7, 11) is 4.75. The van der Waals surface area contributed by atoms with Gasteiger partial charge in [-0.25, -0.2) is 5.01 Å². The summed E-state index contributed by atoms with van der Waals surface area (Å²) in [6.45, 7) is -0.149. The molecule has 0 saturated carbocycles. The summed E-state index contributed by atoms with van der Waals surface area (Å²) < 4.78 is 10.9. The van der Waals surface area contributed by atoms with Gasteiger partial charge in [-0.15, -0.1) is 0 Å². The van der Waals surface area contributed by atoms with Crippen LogP contribution in [-0.4, -0.2) is 55.2 Å². The van der Waals surface area contributed by atoms with Crippen molar-refractivity contribution >= 4 is 29.1 Å². The number of carbonyl (C=O) groups is 2. The first-order valence-electron chi connectivity index (χ1n) is 11.1. The fourth-order valence-electron chi connectivity index (χ4n) is 4.06. The monoisotopic (exact) mass is 491 g/mol. The van der Waals surface area contributed by atoms with E-state index in [1.54, 1.807) is 51.6 Å². The predicted molar refractivity (Wildman–Crippen MR) is 135 cm³/mol. The van der Waals surface area contributed by atoms with E-state index in [-0.39, 0.29) is 24.4 Å². The summed E-state index contributed by atoms with van der Waals surface area (Å²) in [5.41, 5.74) is 2.79. The molecule has 0 saturated heterocycles. The van der Waals surface area contributed by atoms with Gasteiger partial charge < -0.3 is 14.4 Å². The van der Waals surface area contributed by atoms with Crippen LogP contribution in [0.1, 0.15) is 33.9 Å². The fraction of sp³-hybridized carbons (Fsp3) is 0.222. The number of amides is 2. The zero-order chi connectivity index (χ0) is 24.9. The zero-order valence-corrected chi connectivity index (χ0v) is 20.5. The first-order valence-corrected chi connectivity index (χ1v) is 11.5. The molecule has 0 fully saturated rings. The first-order chi connectivity index (χ1) is 16.9. The first kappa shape index (κ1) is 24.3. The lowest BCUT2D eigenvalue weighted by Crippen LogP contribution is -2.39. The van der Waals surface area contributed by atoms with Crippen molar-refractivity contribution in [3.8, 4) is 11.5 Å². The molecule has 2 amide bonds. The van der Waals surface area contributed by atoms with Crippen LogP contribution in [0.2, 0.25) is 5.02 Å². The maximum Gasteiger partial charge on any atom is 0.262 e. The summed E-state index contributed by atoms with van der Waals surface area (Å²) in [4.78, 5) is 27.7. The van der Waals surface area contributed by atoms with Gasteiger partial charge >= 0.3 is 0 Å². The van der Waals surface area contributed by atoms with E-state index >= 15 is 0 Å². The Hall–Kier alpha value is -3.84. The molecule has 1 atom stereocenters. The second kappa shape index (κ2) is 10.6. The van der Waals surface area contributed by atoms with Crippen LogP contribution >= 0.6 is 11.6 Å². The summed E-state index contributed by atoms with van der Waals surface area (Å²) in [5, 5.41) is 6.50. The highest BCUT2D eigenvalue weighted by molar-refractivity contribution is 6.33. The van der Waals surface area contributed by atoms with E-state index in [1.165, 1.54) is 9.91 Å². The summed E-state index contributed by atoms with van der Waals surface area (Å²) in [6.07, 6.45) is 0.501. The largest absolute Gasteiger partial charge is 0.497 e. The van der Waals surface area contributed by atoms with Gasteiger partial charge in [0.2, 0.25) is 0 Å². The molecular weight excluding hydrogens is 466 g/mol. The second-order valence-electron chi connectivity index (χ2n) is 8.12. The molecule has 0 bridgehead atoms. The van der Waals surface area contributed by atoms with Gasteiger partial charge in [0.05, 0.1) is 36.6 Å². The van der Waals surface area contributed by atoms with Crippen LogP contribution < -0.4 is 9.47 Å². The van der Waals surface area contributed by atoms with Gasteiger partial charge in [0, 0.05) is 25.1 Å². The molecule has 3 aromatic carbocycles. The molecule has 0 aromatic heterocycles. The van der Waals surface area contributed by atoms with Crippen molar-refractivity contribution < 1.29 is 19.1 Å². The topological polar surface area (TPSA) is 71.4 Å². The normalized spacial score (nSPS) is 14.9. The van der Waals surface area contributed by atoms with E-state index in [2.05, 4.69) is 0 Å². The summed E-state index contributed by atoms with van der Waals surface area (Å²) in [6, 6.07) is 21.7. The van der Waals surface area contributed by atoms with Crippen molar-refractivity contribution in [2.45, 2.75) is 12.5 Å². The highest BCUT2D eigenvalue weighted by Gasteiger charge is 2.35. The Kier molecular flexibility index (Phi) is 7.36. The molecule has 180 valence electrons. The Morgan fingerprint density at radius 3 is 2.43 bits per heavy atom. The molecule has 0 radical (unpaired) electrons. The zero-order valence-electron chi connectivity index (χ0n) is 19.8. The van der Waals surface area contributed by atoms with Gasteiger partial charge in [-0.2, -0.15) is 5.10 Å². The lowest BCUT2D eigenvalue weighted by atomic mass is 9.98. The van der Waals surface area contributed by atoms with E-state index in [4.69, 9.17) is 26.2 Å². The molecule has 3 aromatic rings. The fourth-order valence-corrected chi connectivity index (χ4v) is 4.28. The molecule has 4 rings (SSSR count). The minimum absolute atomic E-state index is 0.149. The number of rotatable bonds is 7. The third-order valence-electron chi connectivity index (χ3n) is 5.89. The molecule has 0 N–H and O–H groups in total. The van der Waals surface area contributed by atoms with Gasteiger partial charge in [-0.1, -0.05) is 54.1 Å². The number of ether oxygens (including phenoxy) is 2. The Morgan fingerprint density at radius 1 is 1.03 bits per heavy atom. The maximum atomic E-state index is 13.4. The van der Waals surface area contributed by atoms with Crippen molar-refractivity contribution in [2.75, 3.05) is 27.8 Å². The molecule has 7 nitrogen and oxygen atoms in total. The molecule has 1 heterocycles. The number of benzene rings is 3. The number of methoxy groups -OCH3 is 2. The minimum atomic E-state index is -0.333. The number of carbonyl (C=O) groups excluding carboxylic acids is 2. The van der Waals surface area contributed by atoms with E-state index < -0.39 is 0 Å². The van der Waals surface area contributed by atoms with Crippen LogP contribution in [0.5, 0.6) is 11.5 Å². The number of hydrazone groups is 1. The van der Waals surface area contributed by atoms with E-state index in [1.807, 2.05) is 42.5 Å². The van der Waals surface area contributed by atoms with Crippen LogP contribution in [0, 0.1) is 0 Å². The minimum Gasteiger partial charge on any atom is -0.497 e. The Bertz CT molecular complexity index is 1260. The molecule has 35 heavy (non-hydrogen) atoms. The second-order valence-corrected chi connectivity index (χ2v) is 8.53. The van der Waals surface area contributed by atoms with Crippen molar-refractivity contribution in [2.24, 2.45) is 5.10 Å². The van der Waals surface area contributed by atoms with E-state index in [9.17, 15) is 9.59 Å². The Morgan fingerprint density at radius 2 is 1.74 bits per heavy atom. The smallest absolute Gasteiger partial charge is 0.262 e. The van der Waals surface area contributed by atoms with Crippen molar-refractivity contribution in [3.05, 3.63) is 94.5 Å². The highest BCUT2D eigenvalue weighted by Crippen LogP contribution is 2.36. The predicted octanol–water partition coefficient (Wildman–Crippen LogP) is 4.81. The molecule has 1 aliphatic rings. The van der Waals surface area contributed by atoms with E-state index in [0.717, 1.165) is 11.1 Å². The van der Waals surface area contributed by atoms with Gasteiger partial charge in [0.25, 0.3) is 11.8 Å². The standard InChI is InChI=1S/C27H26ClN3O4/c1-30(27(33)20-11-7-8-12-22(20)28)17-26(32)31-24(18-9-5-4-6-10-18)16-23(29-31)21-14-13-19(34-2)15-25(21)35-3/h4-15,24H,16-17H2,1-3H3/t24-/m1/s1. The van der Waals surface area contributed by atoms with Gasteiger partial charge in [-0.3, -0.25) is 9.59 Å². The SMILES string of the molecule is COc1ccc(C2=NN(C(=O)CN(C)C(=O)c3ccccc3Cl)[C@@H](c3ccccc3)C2)c(OC)c1. The number of hydrogen-bond donors (Lipinski definition) is 0. The number of likely N-dealkylation sites (N-methyl/N-ethyl adjacent to an activating group) is 1. The molecule has 0 spiro atoms. The molecule has 8 heteroatoms. The average molecular weight is 492 g/mol. The third-order valence-corrected chi connectivity index (χ3v) is 6.22. The lowest BCUT2D eigenvalue weighted by Gasteiger charge is -2.25. The summed E-state index contributed by atoms with van der Waals surface area (Å²) in [5.74, 6) is 0.636. The van der Waals surface area contributed by atoms with Crippen LogP contribution in [0.15, 0.2) is 77.9 Å².